The highest BCUT2D eigenvalue weighted by molar-refractivity contribution is 7.98. The molecule has 2 heterocycles. The highest BCUT2D eigenvalue weighted by atomic mass is 32.2. The van der Waals surface area contributed by atoms with Gasteiger partial charge < -0.3 is 30.3 Å². The van der Waals surface area contributed by atoms with Crippen LogP contribution in [0, 0.1) is 0 Å². The third kappa shape index (κ3) is 10.1. The zero-order chi connectivity index (χ0) is 26.8. The third-order valence-electron chi connectivity index (χ3n) is 5.20. The fourth-order valence-corrected chi connectivity index (χ4v) is 4.36. The summed E-state index contributed by atoms with van der Waals surface area (Å²) < 4.78 is 8.88. The molecule has 0 bridgehead atoms. The summed E-state index contributed by atoms with van der Waals surface area (Å²) in [4.78, 5) is 48.6. The maximum absolute atomic E-state index is 12.9. The normalized spacial score (nSPS) is 17.7. The second kappa shape index (κ2) is 19.1. The molecule has 1 aliphatic carbocycles. The van der Waals surface area contributed by atoms with Gasteiger partial charge in [0.15, 0.2) is 0 Å². The van der Waals surface area contributed by atoms with Gasteiger partial charge in [-0.05, 0) is 33.4 Å². The molecule has 0 radical (unpaired) electrons. The van der Waals surface area contributed by atoms with E-state index in [1.165, 1.54) is 6.42 Å². The minimum atomic E-state index is -0.911. The van der Waals surface area contributed by atoms with Gasteiger partial charge in [0, 0.05) is 49.1 Å². The summed E-state index contributed by atoms with van der Waals surface area (Å²) in [5.74, 6) is -0.893. The van der Waals surface area contributed by atoms with Crippen molar-refractivity contribution in [1.29, 1.82) is 0 Å². The molecule has 0 aromatic rings. The monoisotopic (exact) mass is 525 g/mol. The van der Waals surface area contributed by atoms with E-state index in [1.54, 1.807) is 11.9 Å². The maximum atomic E-state index is 12.9. The van der Waals surface area contributed by atoms with Gasteiger partial charge in [-0.25, -0.2) is 0 Å². The van der Waals surface area contributed by atoms with Gasteiger partial charge in [0.2, 0.25) is 0 Å². The summed E-state index contributed by atoms with van der Waals surface area (Å²) in [5.41, 5.74) is 1.40. The van der Waals surface area contributed by atoms with E-state index in [0.29, 0.717) is 67.3 Å². The van der Waals surface area contributed by atoms with Gasteiger partial charge >= 0.3 is 0 Å². The van der Waals surface area contributed by atoms with Gasteiger partial charge in [-0.2, -0.15) is 0 Å². The van der Waals surface area contributed by atoms with Crippen molar-refractivity contribution in [1.82, 2.24) is 25.6 Å². The summed E-state index contributed by atoms with van der Waals surface area (Å²) >= 11 is 1.73. The van der Waals surface area contributed by atoms with Crippen LogP contribution >= 0.6 is 11.9 Å². The first-order chi connectivity index (χ1) is 17.5. The Morgan fingerprint density at radius 2 is 1.83 bits per heavy atom. The molecule has 1 unspecified atom stereocenters. The quantitative estimate of drug-likeness (QED) is 0.113. The van der Waals surface area contributed by atoms with Crippen molar-refractivity contribution in [2.75, 3.05) is 53.5 Å². The van der Waals surface area contributed by atoms with Gasteiger partial charge in [-0.1, -0.05) is 38.3 Å². The summed E-state index contributed by atoms with van der Waals surface area (Å²) in [7, 11) is 3.75. The molecule has 0 saturated carbocycles. The molecular weight excluding hydrogens is 482 g/mol. The number of nitrogens with zero attached hydrogens (tertiary/aromatic N) is 1. The Kier molecular flexibility index (Phi) is 17.0. The molecule has 0 aromatic heterocycles. The fourth-order valence-electron chi connectivity index (χ4n) is 3.52. The SMILES string of the molecule is CCC.CNC.O=CCCC(C=O)N1C(=O)C2=C(C1=O)C(NCCOCCNSC1CNC1)=CCC2. The molecule has 4 N–H and O–H groups in total. The summed E-state index contributed by atoms with van der Waals surface area (Å²) in [5, 5.41) is 9.79. The maximum Gasteiger partial charge on any atom is 0.263 e. The van der Waals surface area contributed by atoms with Crippen LogP contribution in [0.1, 0.15) is 46.0 Å². The average Bonchev–Trinajstić information content (AvgIpc) is 3.09. The Hall–Kier alpha value is -2.05. The zero-order valence-corrected chi connectivity index (χ0v) is 22.9. The van der Waals surface area contributed by atoms with Crippen molar-refractivity contribution in [3.8, 4) is 0 Å². The number of aldehydes is 2. The lowest BCUT2D eigenvalue weighted by Crippen LogP contribution is -2.46. The van der Waals surface area contributed by atoms with Crippen LogP contribution in [0.15, 0.2) is 22.9 Å². The molecule has 3 aliphatic rings. The Morgan fingerprint density at radius 3 is 2.42 bits per heavy atom. The molecule has 36 heavy (non-hydrogen) atoms. The van der Waals surface area contributed by atoms with Crippen LogP contribution in [0.4, 0.5) is 0 Å². The number of hydrogen-bond acceptors (Lipinski definition) is 10. The standard InChI is InChI=1S/C20H28N4O5S.C3H8.C2H7N/c25-8-2-3-14(13-26)24-19(27)16-4-1-5-17(18(16)20(24)28)22-6-9-29-10-7-23-30-15-11-21-12-15;2*1-3-2/h5,8,13-15,21-23H,1-4,6-7,9-12H2;3H2,1-2H3;3H,1-2H3. The number of nitrogens with one attached hydrogen (secondary N) is 4. The lowest BCUT2D eigenvalue weighted by atomic mass is 9.96. The second-order valence-electron chi connectivity index (χ2n) is 8.48. The van der Waals surface area contributed by atoms with E-state index in [9.17, 15) is 19.2 Å². The fraction of sp³-hybridized carbons (Fsp3) is 0.680. The Bertz CT molecular complexity index is 768. The average molecular weight is 526 g/mol. The number of carbonyl (C=O) groups is 4. The Labute approximate surface area is 219 Å². The number of allylic oxidation sites excluding steroid dienone is 1. The van der Waals surface area contributed by atoms with E-state index in [0.717, 1.165) is 24.5 Å². The molecule has 11 heteroatoms. The second-order valence-corrected chi connectivity index (χ2v) is 9.67. The van der Waals surface area contributed by atoms with Crippen LogP contribution < -0.4 is 20.7 Å². The number of imide groups is 1. The van der Waals surface area contributed by atoms with Crippen LogP contribution in [-0.2, 0) is 23.9 Å². The number of amides is 2. The van der Waals surface area contributed by atoms with Crippen molar-refractivity contribution in [3.63, 3.8) is 0 Å². The number of hydrogen-bond donors (Lipinski definition) is 4. The van der Waals surface area contributed by atoms with Crippen LogP contribution in [-0.4, -0.2) is 94.1 Å². The number of carbonyl (C=O) groups excluding carboxylic acids is 4. The first kappa shape index (κ1) is 32.0. The first-order valence-electron chi connectivity index (χ1n) is 12.7. The Balaban J connectivity index is 0.000000982. The molecule has 1 saturated heterocycles. The van der Waals surface area contributed by atoms with E-state index in [2.05, 4.69) is 34.5 Å². The van der Waals surface area contributed by atoms with Crippen molar-refractivity contribution in [3.05, 3.63) is 22.9 Å². The topological polar surface area (TPSA) is 129 Å². The molecule has 3 rings (SSSR count). The molecule has 2 aliphatic heterocycles. The molecule has 0 spiro atoms. The number of rotatable bonds is 14. The van der Waals surface area contributed by atoms with E-state index >= 15 is 0 Å². The van der Waals surface area contributed by atoms with E-state index in [-0.39, 0.29) is 12.8 Å². The predicted octanol–water partition coefficient (Wildman–Crippen LogP) is 0.944. The van der Waals surface area contributed by atoms with Crippen molar-refractivity contribution >= 4 is 36.3 Å². The van der Waals surface area contributed by atoms with E-state index < -0.39 is 17.9 Å². The van der Waals surface area contributed by atoms with Crippen molar-refractivity contribution in [2.45, 2.75) is 57.2 Å². The van der Waals surface area contributed by atoms with Gasteiger partial charge in [0.25, 0.3) is 11.8 Å². The van der Waals surface area contributed by atoms with Gasteiger partial charge in [-0.3, -0.25) is 19.2 Å². The third-order valence-corrected chi connectivity index (χ3v) is 6.23. The van der Waals surface area contributed by atoms with Gasteiger partial charge in [0.05, 0.1) is 24.8 Å². The summed E-state index contributed by atoms with van der Waals surface area (Å²) in [6.07, 6.45) is 5.78. The van der Waals surface area contributed by atoms with Crippen LogP contribution in [0.5, 0.6) is 0 Å². The molecule has 10 nitrogen and oxygen atoms in total. The van der Waals surface area contributed by atoms with Gasteiger partial charge in [0.1, 0.15) is 12.6 Å². The molecule has 1 atom stereocenters. The predicted molar refractivity (Wildman–Crippen MR) is 143 cm³/mol. The van der Waals surface area contributed by atoms with E-state index in [4.69, 9.17) is 4.74 Å². The lowest BCUT2D eigenvalue weighted by Gasteiger charge is -2.26. The molecule has 2 amide bonds. The van der Waals surface area contributed by atoms with Crippen LogP contribution in [0.25, 0.3) is 0 Å². The van der Waals surface area contributed by atoms with Crippen LogP contribution in [0.3, 0.4) is 0 Å². The Morgan fingerprint density at radius 1 is 1.17 bits per heavy atom. The van der Waals surface area contributed by atoms with Crippen molar-refractivity contribution < 1.29 is 23.9 Å². The van der Waals surface area contributed by atoms with Gasteiger partial charge in [-0.15, -0.1) is 0 Å². The smallest absolute Gasteiger partial charge is 0.263 e. The molecule has 0 aromatic carbocycles. The minimum absolute atomic E-state index is 0.119. The van der Waals surface area contributed by atoms with Crippen molar-refractivity contribution in [2.24, 2.45) is 0 Å². The lowest BCUT2D eigenvalue weighted by molar-refractivity contribution is -0.143. The minimum Gasteiger partial charge on any atom is -0.382 e. The highest BCUT2D eigenvalue weighted by Gasteiger charge is 2.43. The number of ether oxygens (including phenoxy) is 1. The first-order valence-corrected chi connectivity index (χ1v) is 13.6. The zero-order valence-electron chi connectivity index (χ0n) is 22.1. The molecule has 204 valence electrons. The van der Waals surface area contributed by atoms with Crippen LogP contribution in [0.2, 0.25) is 0 Å². The molecular formula is C25H43N5O5S. The summed E-state index contributed by atoms with van der Waals surface area (Å²) in [6, 6.07) is -0.911. The van der Waals surface area contributed by atoms with E-state index in [1.807, 2.05) is 20.2 Å². The summed E-state index contributed by atoms with van der Waals surface area (Å²) in [6.45, 7) is 8.66. The highest BCUT2D eigenvalue weighted by Crippen LogP contribution is 2.34. The largest absolute Gasteiger partial charge is 0.382 e. The molecule has 1 fully saturated rings.